The number of aromatic nitrogens is 1. The molecule has 1 aromatic heterocycles. The van der Waals surface area contributed by atoms with E-state index in [0.717, 1.165) is 12.3 Å². The molecule has 0 bridgehead atoms. The molecule has 0 aliphatic rings. The van der Waals surface area contributed by atoms with E-state index in [0.29, 0.717) is 0 Å². The zero-order chi connectivity index (χ0) is 8.43. The second-order valence-electron chi connectivity index (χ2n) is 2.05. The summed E-state index contributed by atoms with van der Waals surface area (Å²) in [6.45, 7) is 1.31. The molecule has 0 aromatic carbocycles. The van der Waals surface area contributed by atoms with E-state index >= 15 is 0 Å². The molecule has 58 valence electrons. The fraction of sp³-hybridized carbons (Fsp3) is 0.143. The first kappa shape index (κ1) is 8.14. The average molecular weight is 174 g/mol. The van der Waals surface area contributed by atoms with Gasteiger partial charge in [-0.25, -0.2) is 9.37 Å². The van der Waals surface area contributed by atoms with Gasteiger partial charge in [0.1, 0.15) is 11.0 Å². The van der Waals surface area contributed by atoms with Crippen molar-refractivity contribution in [3.05, 3.63) is 28.8 Å². The maximum atomic E-state index is 12.4. The van der Waals surface area contributed by atoms with Crippen molar-refractivity contribution in [2.24, 2.45) is 0 Å². The monoisotopic (exact) mass is 173 g/mol. The number of halogens is 2. The van der Waals surface area contributed by atoms with Crippen LogP contribution < -0.4 is 0 Å². The Hall–Kier alpha value is -0.960. The Morgan fingerprint density at radius 3 is 2.82 bits per heavy atom. The second kappa shape index (κ2) is 2.96. The number of ketones is 1. The molecule has 0 unspecified atom stereocenters. The highest BCUT2D eigenvalue weighted by atomic mass is 35.5. The van der Waals surface area contributed by atoms with Crippen molar-refractivity contribution in [2.45, 2.75) is 6.92 Å². The van der Waals surface area contributed by atoms with Crippen molar-refractivity contribution in [1.82, 2.24) is 4.98 Å². The van der Waals surface area contributed by atoms with E-state index in [2.05, 4.69) is 4.98 Å². The highest BCUT2D eigenvalue weighted by Crippen LogP contribution is 2.13. The topological polar surface area (TPSA) is 30.0 Å². The fourth-order valence-corrected chi connectivity index (χ4v) is 0.906. The molecule has 0 aliphatic heterocycles. The summed E-state index contributed by atoms with van der Waals surface area (Å²) in [6, 6.07) is 1.07. The van der Waals surface area contributed by atoms with Gasteiger partial charge in [0.2, 0.25) is 0 Å². The zero-order valence-electron chi connectivity index (χ0n) is 5.77. The summed E-state index contributed by atoms with van der Waals surface area (Å²) < 4.78 is 12.4. The van der Waals surface area contributed by atoms with E-state index in [-0.39, 0.29) is 16.5 Å². The zero-order valence-corrected chi connectivity index (χ0v) is 6.52. The molecule has 0 fully saturated rings. The molecule has 0 spiro atoms. The summed E-state index contributed by atoms with van der Waals surface area (Å²) in [6.07, 6.45) is 0.967. The SMILES string of the molecule is CC(=O)c1cc(F)cnc1Cl. The Bertz CT molecular complexity index is 300. The number of carbonyl (C=O) groups is 1. The normalized spacial score (nSPS) is 9.73. The van der Waals surface area contributed by atoms with Crippen molar-refractivity contribution in [1.29, 1.82) is 0 Å². The number of hydrogen-bond acceptors (Lipinski definition) is 2. The summed E-state index contributed by atoms with van der Waals surface area (Å²) in [5.74, 6) is -0.846. The van der Waals surface area contributed by atoms with Gasteiger partial charge in [0.25, 0.3) is 0 Å². The number of carbonyl (C=O) groups excluding carboxylic acids is 1. The molecule has 0 aliphatic carbocycles. The van der Waals surface area contributed by atoms with Gasteiger partial charge < -0.3 is 0 Å². The summed E-state index contributed by atoms with van der Waals surface area (Å²) in [5, 5.41) is 0.0406. The van der Waals surface area contributed by atoms with E-state index in [1.807, 2.05) is 0 Å². The van der Waals surface area contributed by atoms with Crippen molar-refractivity contribution in [2.75, 3.05) is 0 Å². The largest absolute Gasteiger partial charge is 0.294 e. The minimum Gasteiger partial charge on any atom is -0.294 e. The van der Waals surface area contributed by atoms with E-state index < -0.39 is 5.82 Å². The van der Waals surface area contributed by atoms with Crippen LogP contribution in [0.25, 0.3) is 0 Å². The molecule has 0 saturated heterocycles. The molecule has 1 aromatic rings. The lowest BCUT2D eigenvalue weighted by atomic mass is 10.2. The number of rotatable bonds is 1. The van der Waals surface area contributed by atoms with Gasteiger partial charge in [-0.1, -0.05) is 11.6 Å². The van der Waals surface area contributed by atoms with Crippen LogP contribution in [0.3, 0.4) is 0 Å². The number of pyridine rings is 1. The molecular weight excluding hydrogens is 169 g/mol. The molecule has 0 radical (unpaired) electrons. The van der Waals surface area contributed by atoms with Gasteiger partial charge >= 0.3 is 0 Å². The first-order valence-corrected chi connectivity index (χ1v) is 3.31. The predicted molar refractivity (Wildman–Crippen MR) is 39.2 cm³/mol. The van der Waals surface area contributed by atoms with Crippen molar-refractivity contribution < 1.29 is 9.18 Å². The standard InChI is InChI=1S/C7H5ClFNO/c1-4(11)6-2-5(9)3-10-7(6)8/h2-3H,1H3. The van der Waals surface area contributed by atoms with E-state index in [1.54, 1.807) is 0 Å². The van der Waals surface area contributed by atoms with Crippen LogP contribution in [0.2, 0.25) is 5.15 Å². The number of nitrogens with zero attached hydrogens (tertiary/aromatic N) is 1. The average Bonchev–Trinajstić information content (AvgIpc) is 1.94. The summed E-state index contributed by atoms with van der Waals surface area (Å²) in [5.41, 5.74) is 0.117. The molecule has 0 atom stereocenters. The van der Waals surface area contributed by atoms with E-state index in [1.165, 1.54) is 6.92 Å². The molecule has 1 heterocycles. The maximum Gasteiger partial charge on any atom is 0.163 e. The van der Waals surface area contributed by atoms with Crippen molar-refractivity contribution in [3.8, 4) is 0 Å². The lowest BCUT2D eigenvalue weighted by Gasteiger charge is -1.96. The van der Waals surface area contributed by atoms with E-state index in [9.17, 15) is 9.18 Å². The first-order chi connectivity index (χ1) is 5.11. The predicted octanol–water partition coefficient (Wildman–Crippen LogP) is 2.08. The van der Waals surface area contributed by atoms with Crippen LogP contribution in [0.5, 0.6) is 0 Å². The maximum absolute atomic E-state index is 12.4. The Morgan fingerprint density at radius 2 is 2.36 bits per heavy atom. The third-order valence-electron chi connectivity index (χ3n) is 1.18. The van der Waals surface area contributed by atoms with Crippen LogP contribution in [-0.4, -0.2) is 10.8 Å². The number of Topliss-reactive ketones (excluding diaryl/α,β-unsaturated/α-hetero) is 1. The molecule has 0 amide bonds. The lowest BCUT2D eigenvalue weighted by molar-refractivity contribution is 0.101. The van der Waals surface area contributed by atoms with Gasteiger partial charge in [0.05, 0.1) is 11.8 Å². The van der Waals surface area contributed by atoms with Gasteiger partial charge in [-0.05, 0) is 13.0 Å². The van der Waals surface area contributed by atoms with Crippen LogP contribution in [0.15, 0.2) is 12.3 Å². The minimum atomic E-state index is -0.556. The van der Waals surface area contributed by atoms with Crippen LogP contribution in [0.1, 0.15) is 17.3 Å². The quantitative estimate of drug-likeness (QED) is 0.481. The molecule has 2 nitrogen and oxygen atoms in total. The smallest absolute Gasteiger partial charge is 0.163 e. The summed E-state index contributed by atoms with van der Waals surface area (Å²) >= 11 is 5.49. The molecule has 0 N–H and O–H groups in total. The Labute approximate surface area is 68.0 Å². The van der Waals surface area contributed by atoms with Gasteiger partial charge in [-0.3, -0.25) is 4.79 Å². The molecule has 11 heavy (non-hydrogen) atoms. The van der Waals surface area contributed by atoms with Gasteiger partial charge in [0.15, 0.2) is 5.78 Å². The van der Waals surface area contributed by atoms with Crippen LogP contribution in [-0.2, 0) is 0 Å². The van der Waals surface area contributed by atoms with Crippen molar-refractivity contribution >= 4 is 17.4 Å². The molecular formula is C7H5ClFNO. The van der Waals surface area contributed by atoms with Crippen LogP contribution >= 0.6 is 11.6 Å². The summed E-state index contributed by atoms with van der Waals surface area (Å²) in [4.78, 5) is 14.2. The first-order valence-electron chi connectivity index (χ1n) is 2.93. The second-order valence-corrected chi connectivity index (χ2v) is 2.41. The highest BCUT2D eigenvalue weighted by Gasteiger charge is 2.06. The van der Waals surface area contributed by atoms with Gasteiger partial charge in [0, 0.05) is 0 Å². The molecule has 4 heteroatoms. The lowest BCUT2D eigenvalue weighted by Crippen LogP contribution is -1.96. The Kier molecular flexibility index (Phi) is 2.19. The van der Waals surface area contributed by atoms with Crippen molar-refractivity contribution in [3.63, 3.8) is 0 Å². The molecule has 1 rings (SSSR count). The van der Waals surface area contributed by atoms with Crippen LogP contribution in [0, 0.1) is 5.82 Å². The van der Waals surface area contributed by atoms with Crippen LogP contribution in [0.4, 0.5) is 4.39 Å². The fourth-order valence-electron chi connectivity index (χ4n) is 0.669. The number of hydrogen-bond donors (Lipinski definition) is 0. The van der Waals surface area contributed by atoms with Gasteiger partial charge in [-0.2, -0.15) is 0 Å². The van der Waals surface area contributed by atoms with E-state index in [4.69, 9.17) is 11.6 Å². The third-order valence-corrected chi connectivity index (χ3v) is 1.49. The Balaban J connectivity index is 3.23. The minimum absolute atomic E-state index is 0.0406. The summed E-state index contributed by atoms with van der Waals surface area (Å²) in [7, 11) is 0. The molecule has 0 saturated carbocycles. The third kappa shape index (κ3) is 1.74. The Morgan fingerprint density at radius 1 is 1.73 bits per heavy atom. The highest BCUT2D eigenvalue weighted by molar-refractivity contribution is 6.32. The van der Waals surface area contributed by atoms with Gasteiger partial charge in [-0.15, -0.1) is 0 Å².